The molecule has 0 aliphatic carbocycles. The van der Waals surface area contributed by atoms with Crippen LogP contribution in [0.15, 0.2) is 48.8 Å². The molecule has 1 amide bonds. The summed E-state index contributed by atoms with van der Waals surface area (Å²) in [6, 6.07) is 7.82. The highest BCUT2D eigenvalue weighted by atomic mass is 35.5. The van der Waals surface area contributed by atoms with Gasteiger partial charge in [0, 0.05) is 18.5 Å². The Morgan fingerprint density at radius 2 is 1.65 bits per heavy atom. The zero-order valence-electron chi connectivity index (χ0n) is 12.9. The summed E-state index contributed by atoms with van der Waals surface area (Å²) in [7, 11) is 0. The SMILES string of the molecule is O=C(Nc1ccc(F)cc1F)c1cnc(Nc2c(Cl)cccc2Cl)nc1. The predicted molar refractivity (Wildman–Crippen MR) is 96.1 cm³/mol. The van der Waals surface area contributed by atoms with Crippen molar-refractivity contribution in [3.8, 4) is 0 Å². The van der Waals surface area contributed by atoms with E-state index in [1.54, 1.807) is 18.2 Å². The Morgan fingerprint density at radius 1 is 1.00 bits per heavy atom. The number of rotatable bonds is 4. The average molecular weight is 395 g/mol. The van der Waals surface area contributed by atoms with E-state index in [0.29, 0.717) is 21.8 Å². The number of benzene rings is 2. The number of halogens is 4. The molecule has 0 unspecified atom stereocenters. The second kappa shape index (κ2) is 7.63. The molecule has 0 saturated heterocycles. The molecule has 2 aromatic carbocycles. The lowest BCUT2D eigenvalue weighted by Gasteiger charge is -2.09. The molecule has 0 aliphatic heterocycles. The monoisotopic (exact) mass is 394 g/mol. The van der Waals surface area contributed by atoms with Gasteiger partial charge in [-0.3, -0.25) is 4.79 Å². The van der Waals surface area contributed by atoms with E-state index in [0.717, 1.165) is 12.1 Å². The van der Waals surface area contributed by atoms with Gasteiger partial charge in [0.2, 0.25) is 5.95 Å². The summed E-state index contributed by atoms with van der Waals surface area (Å²) < 4.78 is 26.5. The standard InChI is InChI=1S/C17H10Cl2F2N4O/c18-11-2-1-3-12(19)15(11)25-17-22-7-9(8-23-17)16(26)24-14-5-4-10(20)6-13(14)21/h1-8H,(H,24,26)(H,22,23,25). The molecule has 0 atom stereocenters. The predicted octanol–water partition coefficient (Wildman–Crippen LogP) is 5.06. The number of amides is 1. The summed E-state index contributed by atoms with van der Waals surface area (Å²) in [5, 5.41) is 5.94. The van der Waals surface area contributed by atoms with Crippen LogP contribution in [0.4, 0.5) is 26.1 Å². The van der Waals surface area contributed by atoms with Gasteiger partial charge in [-0.2, -0.15) is 0 Å². The average Bonchev–Trinajstić information content (AvgIpc) is 2.61. The number of hydrogen-bond acceptors (Lipinski definition) is 4. The molecule has 5 nitrogen and oxygen atoms in total. The Morgan fingerprint density at radius 3 is 2.27 bits per heavy atom. The summed E-state index contributed by atoms with van der Waals surface area (Å²) in [6.45, 7) is 0. The molecule has 1 heterocycles. The number of nitrogens with zero attached hydrogens (tertiary/aromatic N) is 2. The number of carbonyl (C=O) groups is 1. The maximum atomic E-state index is 13.6. The van der Waals surface area contributed by atoms with Crippen molar-refractivity contribution in [2.45, 2.75) is 0 Å². The van der Waals surface area contributed by atoms with Gasteiger partial charge in [-0.05, 0) is 24.3 Å². The van der Waals surface area contributed by atoms with Gasteiger partial charge in [-0.25, -0.2) is 18.7 Å². The van der Waals surface area contributed by atoms with Crippen LogP contribution in [0.2, 0.25) is 10.0 Å². The highest BCUT2D eigenvalue weighted by Gasteiger charge is 2.12. The number of carbonyl (C=O) groups excluding carboxylic acids is 1. The van der Waals surface area contributed by atoms with Crippen LogP contribution < -0.4 is 10.6 Å². The highest BCUT2D eigenvalue weighted by Crippen LogP contribution is 2.31. The van der Waals surface area contributed by atoms with Crippen LogP contribution in [0.1, 0.15) is 10.4 Å². The molecule has 0 bridgehead atoms. The first kappa shape index (κ1) is 18.0. The van der Waals surface area contributed by atoms with Gasteiger partial charge >= 0.3 is 0 Å². The van der Waals surface area contributed by atoms with Gasteiger partial charge in [-0.1, -0.05) is 29.3 Å². The zero-order valence-corrected chi connectivity index (χ0v) is 14.4. The summed E-state index contributed by atoms with van der Waals surface area (Å²) in [5.74, 6) is -2.09. The second-order valence-corrected chi connectivity index (χ2v) is 5.91. The van der Waals surface area contributed by atoms with E-state index in [1.807, 2.05) is 0 Å². The van der Waals surface area contributed by atoms with Crippen molar-refractivity contribution in [1.82, 2.24) is 9.97 Å². The first-order chi connectivity index (χ1) is 12.4. The molecular formula is C17H10Cl2F2N4O. The van der Waals surface area contributed by atoms with E-state index >= 15 is 0 Å². The molecule has 3 rings (SSSR count). The molecule has 0 aliphatic rings. The maximum Gasteiger partial charge on any atom is 0.258 e. The van der Waals surface area contributed by atoms with Crippen LogP contribution in [0.3, 0.4) is 0 Å². The number of hydrogen-bond donors (Lipinski definition) is 2. The van der Waals surface area contributed by atoms with E-state index in [4.69, 9.17) is 23.2 Å². The summed E-state index contributed by atoms with van der Waals surface area (Å²) in [6.07, 6.45) is 2.49. The quantitative estimate of drug-likeness (QED) is 0.648. The third-order valence-electron chi connectivity index (χ3n) is 3.29. The normalized spacial score (nSPS) is 10.5. The minimum Gasteiger partial charge on any atom is -0.322 e. The Bertz CT molecular complexity index is 947. The Labute approximate surface area is 157 Å². The number of nitrogens with one attached hydrogen (secondary N) is 2. The molecule has 3 aromatic rings. The minimum absolute atomic E-state index is 0.0875. The molecule has 9 heteroatoms. The van der Waals surface area contributed by atoms with Crippen molar-refractivity contribution in [2.75, 3.05) is 10.6 Å². The molecule has 0 radical (unpaired) electrons. The van der Waals surface area contributed by atoms with Gasteiger partial charge in [0.1, 0.15) is 11.6 Å². The fraction of sp³-hybridized carbons (Fsp3) is 0. The fourth-order valence-corrected chi connectivity index (χ4v) is 2.52. The van der Waals surface area contributed by atoms with Crippen molar-refractivity contribution in [3.05, 3.63) is 76.0 Å². The van der Waals surface area contributed by atoms with E-state index < -0.39 is 17.5 Å². The first-order valence-electron chi connectivity index (χ1n) is 7.23. The lowest BCUT2D eigenvalue weighted by molar-refractivity contribution is 0.102. The van der Waals surface area contributed by atoms with Gasteiger partial charge in [0.25, 0.3) is 5.91 Å². The minimum atomic E-state index is -0.883. The van der Waals surface area contributed by atoms with E-state index in [-0.39, 0.29) is 17.2 Å². The lowest BCUT2D eigenvalue weighted by Crippen LogP contribution is -2.14. The third-order valence-corrected chi connectivity index (χ3v) is 3.92. The van der Waals surface area contributed by atoms with E-state index in [1.165, 1.54) is 12.4 Å². The largest absolute Gasteiger partial charge is 0.322 e. The van der Waals surface area contributed by atoms with Crippen molar-refractivity contribution < 1.29 is 13.6 Å². The number of anilines is 3. The van der Waals surface area contributed by atoms with Crippen LogP contribution in [0, 0.1) is 11.6 Å². The third kappa shape index (κ3) is 4.07. The summed E-state index contributed by atoms with van der Waals surface area (Å²) >= 11 is 12.1. The molecule has 0 spiro atoms. The molecular weight excluding hydrogens is 385 g/mol. The smallest absolute Gasteiger partial charge is 0.258 e. The van der Waals surface area contributed by atoms with Gasteiger partial charge in [-0.15, -0.1) is 0 Å². The van der Waals surface area contributed by atoms with Gasteiger partial charge in [0.15, 0.2) is 0 Å². The Kier molecular flexibility index (Phi) is 5.29. The molecule has 0 saturated carbocycles. The van der Waals surface area contributed by atoms with Crippen molar-refractivity contribution in [3.63, 3.8) is 0 Å². The Hall–Kier alpha value is -2.77. The molecule has 0 fully saturated rings. The second-order valence-electron chi connectivity index (χ2n) is 5.10. The molecule has 132 valence electrons. The van der Waals surface area contributed by atoms with E-state index in [2.05, 4.69) is 20.6 Å². The van der Waals surface area contributed by atoms with E-state index in [9.17, 15) is 13.6 Å². The van der Waals surface area contributed by atoms with Crippen LogP contribution in [0.5, 0.6) is 0 Å². The molecule has 2 N–H and O–H groups in total. The van der Waals surface area contributed by atoms with Crippen LogP contribution in [0.25, 0.3) is 0 Å². The molecule has 26 heavy (non-hydrogen) atoms. The van der Waals surface area contributed by atoms with Crippen molar-refractivity contribution in [2.24, 2.45) is 0 Å². The van der Waals surface area contributed by atoms with Gasteiger partial charge < -0.3 is 10.6 Å². The van der Waals surface area contributed by atoms with Crippen LogP contribution in [-0.2, 0) is 0 Å². The zero-order chi connectivity index (χ0) is 18.7. The van der Waals surface area contributed by atoms with Crippen LogP contribution >= 0.6 is 23.2 Å². The van der Waals surface area contributed by atoms with Gasteiger partial charge in [0.05, 0.1) is 27.0 Å². The lowest BCUT2D eigenvalue weighted by atomic mass is 10.2. The van der Waals surface area contributed by atoms with Crippen molar-refractivity contribution >= 4 is 46.4 Å². The summed E-state index contributed by atoms with van der Waals surface area (Å²) in [4.78, 5) is 20.1. The molecule has 1 aromatic heterocycles. The first-order valence-corrected chi connectivity index (χ1v) is 7.99. The Balaban J connectivity index is 1.74. The number of aromatic nitrogens is 2. The van der Waals surface area contributed by atoms with Crippen LogP contribution in [-0.4, -0.2) is 15.9 Å². The topological polar surface area (TPSA) is 66.9 Å². The maximum absolute atomic E-state index is 13.6. The highest BCUT2D eigenvalue weighted by molar-refractivity contribution is 6.39. The van der Waals surface area contributed by atoms with Crippen molar-refractivity contribution in [1.29, 1.82) is 0 Å². The number of para-hydroxylation sites is 1. The fourth-order valence-electron chi connectivity index (χ4n) is 2.02. The summed E-state index contributed by atoms with van der Waals surface area (Å²) in [5.41, 5.74) is 0.368.